The van der Waals surface area contributed by atoms with Crippen molar-refractivity contribution in [2.24, 2.45) is 0 Å². The first-order valence-electron chi connectivity index (χ1n) is 6.32. The summed E-state index contributed by atoms with van der Waals surface area (Å²) in [6.07, 6.45) is 2.60. The number of hydrogen-bond donors (Lipinski definition) is 0. The van der Waals surface area contributed by atoms with E-state index in [1.807, 2.05) is 17.0 Å². The summed E-state index contributed by atoms with van der Waals surface area (Å²) < 4.78 is 0.729. The fourth-order valence-corrected chi connectivity index (χ4v) is 3.22. The summed E-state index contributed by atoms with van der Waals surface area (Å²) in [5, 5.41) is 0.613. The number of carbonyl (C=O) groups excluding carboxylic acids is 1. The average molecular weight is 352 g/mol. The molecule has 20 heavy (non-hydrogen) atoms. The minimum Gasteiger partial charge on any atom is -0.334 e. The summed E-state index contributed by atoms with van der Waals surface area (Å²) in [6, 6.07) is 9.17. The molecule has 0 fully saturated rings. The van der Waals surface area contributed by atoms with Crippen molar-refractivity contribution in [3.8, 4) is 0 Å². The van der Waals surface area contributed by atoms with Crippen LogP contribution in [0.4, 0.5) is 0 Å². The maximum Gasteiger partial charge on any atom is 0.255 e. The van der Waals surface area contributed by atoms with Gasteiger partial charge in [0, 0.05) is 40.9 Å². The van der Waals surface area contributed by atoms with Crippen molar-refractivity contribution in [2.75, 3.05) is 6.54 Å². The van der Waals surface area contributed by atoms with Crippen LogP contribution in [-0.4, -0.2) is 22.3 Å². The van der Waals surface area contributed by atoms with Gasteiger partial charge in [0.05, 0.1) is 5.56 Å². The van der Waals surface area contributed by atoms with Gasteiger partial charge in [0.25, 0.3) is 5.91 Å². The zero-order valence-corrected chi connectivity index (χ0v) is 13.0. The highest BCUT2D eigenvalue weighted by Gasteiger charge is 2.23. The minimum absolute atomic E-state index is 0.0167. The SMILES string of the molecule is O=C(c1ccc(Cl)cc1Br)N1CCc2ncccc2C1. The highest BCUT2D eigenvalue weighted by atomic mass is 79.9. The number of carbonyl (C=O) groups is 1. The first kappa shape index (κ1) is 13.6. The summed E-state index contributed by atoms with van der Waals surface area (Å²) in [5.41, 5.74) is 2.85. The van der Waals surface area contributed by atoms with Crippen LogP contribution in [-0.2, 0) is 13.0 Å². The number of aromatic nitrogens is 1. The van der Waals surface area contributed by atoms with E-state index in [1.165, 1.54) is 0 Å². The topological polar surface area (TPSA) is 33.2 Å². The van der Waals surface area contributed by atoms with Crippen LogP contribution in [0.2, 0.25) is 5.02 Å². The number of halogens is 2. The van der Waals surface area contributed by atoms with E-state index in [1.54, 1.807) is 24.4 Å². The van der Waals surface area contributed by atoms with Gasteiger partial charge in [0.1, 0.15) is 0 Å². The molecule has 1 aromatic heterocycles. The Labute approximate surface area is 130 Å². The average Bonchev–Trinajstić information content (AvgIpc) is 2.46. The Morgan fingerprint density at radius 1 is 1.35 bits per heavy atom. The van der Waals surface area contributed by atoms with Gasteiger partial charge >= 0.3 is 0 Å². The van der Waals surface area contributed by atoms with Crippen LogP contribution in [0.1, 0.15) is 21.6 Å². The molecule has 1 aromatic carbocycles. The van der Waals surface area contributed by atoms with Gasteiger partial charge in [0.15, 0.2) is 0 Å². The summed E-state index contributed by atoms with van der Waals surface area (Å²) in [7, 11) is 0. The molecule has 2 heterocycles. The molecule has 3 nitrogen and oxygen atoms in total. The number of fused-ring (bicyclic) bond motifs is 1. The maximum absolute atomic E-state index is 12.6. The van der Waals surface area contributed by atoms with E-state index in [0.717, 1.165) is 22.2 Å². The summed E-state index contributed by atoms with van der Waals surface area (Å²) in [5.74, 6) is 0.0167. The lowest BCUT2D eigenvalue weighted by Gasteiger charge is -2.28. The molecule has 3 rings (SSSR count). The van der Waals surface area contributed by atoms with E-state index >= 15 is 0 Å². The Kier molecular flexibility index (Phi) is 3.76. The Bertz CT molecular complexity index is 675. The second kappa shape index (κ2) is 5.54. The molecule has 0 bridgehead atoms. The zero-order valence-electron chi connectivity index (χ0n) is 10.6. The third kappa shape index (κ3) is 2.58. The van der Waals surface area contributed by atoms with E-state index in [0.29, 0.717) is 23.7 Å². The molecule has 1 amide bonds. The Morgan fingerprint density at radius 3 is 3.00 bits per heavy atom. The van der Waals surface area contributed by atoms with Gasteiger partial charge in [-0.25, -0.2) is 0 Å². The predicted molar refractivity (Wildman–Crippen MR) is 81.8 cm³/mol. The Hall–Kier alpha value is -1.39. The van der Waals surface area contributed by atoms with Crippen LogP contribution < -0.4 is 0 Å². The van der Waals surface area contributed by atoms with Gasteiger partial charge in [-0.1, -0.05) is 17.7 Å². The number of pyridine rings is 1. The molecule has 5 heteroatoms. The molecular formula is C15H12BrClN2O. The van der Waals surface area contributed by atoms with Gasteiger partial charge in [-0.2, -0.15) is 0 Å². The van der Waals surface area contributed by atoms with Crippen molar-refractivity contribution in [3.63, 3.8) is 0 Å². The number of amides is 1. The van der Waals surface area contributed by atoms with Crippen LogP contribution in [0.25, 0.3) is 0 Å². The second-order valence-corrected chi connectivity index (χ2v) is 6.00. The molecule has 1 aliphatic heterocycles. The van der Waals surface area contributed by atoms with Crippen molar-refractivity contribution >= 4 is 33.4 Å². The molecule has 0 unspecified atom stereocenters. The molecule has 102 valence electrons. The zero-order chi connectivity index (χ0) is 14.1. The fraction of sp³-hybridized carbons (Fsp3) is 0.200. The van der Waals surface area contributed by atoms with Crippen molar-refractivity contribution in [1.82, 2.24) is 9.88 Å². The molecule has 0 aliphatic carbocycles. The van der Waals surface area contributed by atoms with Gasteiger partial charge in [-0.15, -0.1) is 0 Å². The molecule has 0 saturated carbocycles. The quantitative estimate of drug-likeness (QED) is 0.785. The largest absolute Gasteiger partial charge is 0.334 e. The molecule has 0 saturated heterocycles. The first-order valence-corrected chi connectivity index (χ1v) is 7.49. The predicted octanol–water partition coefficient (Wildman–Crippen LogP) is 3.70. The van der Waals surface area contributed by atoms with E-state index < -0.39 is 0 Å². The highest BCUT2D eigenvalue weighted by molar-refractivity contribution is 9.10. The maximum atomic E-state index is 12.6. The monoisotopic (exact) mass is 350 g/mol. The van der Waals surface area contributed by atoms with Crippen molar-refractivity contribution in [1.29, 1.82) is 0 Å². The smallest absolute Gasteiger partial charge is 0.255 e. The summed E-state index contributed by atoms with van der Waals surface area (Å²) in [4.78, 5) is 18.8. The first-order chi connectivity index (χ1) is 9.65. The second-order valence-electron chi connectivity index (χ2n) is 4.71. The number of hydrogen-bond acceptors (Lipinski definition) is 2. The minimum atomic E-state index is 0.0167. The molecule has 0 radical (unpaired) electrons. The van der Waals surface area contributed by atoms with Crippen LogP contribution in [0.5, 0.6) is 0 Å². The Morgan fingerprint density at radius 2 is 2.20 bits per heavy atom. The van der Waals surface area contributed by atoms with Gasteiger partial charge < -0.3 is 4.90 Å². The molecule has 2 aromatic rings. The van der Waals surface area contributed by atoms with Crippen molar-refractivity contribution in [3.05, 3.63) is 62.8 Å². The van der Waals surface area contributed by atoms with Crippen molar-refractivity contribution < 1.29 is 4.79 Å². The lowest BCUT2D eigenvalue weighted by Crippen LogP contribution is -2.36. The Balaban J connectivity index is 1.86. The molecule has 0 atom stereocenters. The number of rotatable bonds is 1. The normalized spacial score (nSPS) is 14.0. The lowest BCUT2D eigenvalue weighted by molar-refractivity contribution is 0.0732. The van der Waals surface area contributed by atoms with E-state index in [9.17, 15) is 4.79 Å². The molecule has 0 spiro atoms. The highest BCUT2D eigenvalue weighted by Crippen LogP contribution is 2.25. The molecular weight excluding hydrogens is 340 g/mol. The van der Waals surface area contributed by atoms with Crippen LogP contribution in [0, 0.1) is 0 Å². The van der Waals surface area contributed by atoms with E-state index in [-0.39, 0.29) is 5.91 Å². The van der Waals surface area contributed by atoms with Crippen molar-refractivity contribution in [2.45, 2.75) is 13.0 Å². The third-order valence-corrected chi connectivity index (χ3v) is 4.30. The summed E-state index contributed by atoms with van der Waals surface area (Å²) >= 11 is 9.31. The molecule has 1 aliphatic rings. The van der Waals surface area contributed by atoms with Gasteiger partial charge in [-0.05, 0) is 45.8 Å². The fourth-order valence-electron chi connectivity index (χ4n) is 2.37. The summed E-state index contributed by atoms with van der Waals surface area (Å²) in [6.45, 7) is 1.30. The molecule has 0 N–H and O–H groups in total. The van der Waals surface area contributed by atoms with E-state index in [2.05, 4.69) is 20.9 Å². The number of benzene rings is 1. The van der Waals surface area contributed by atoms with Gasteiger partial charge in [0.2, 0.25) is 0 Å². The van der Waals surface area contributed by atoms with Gasteiger partial charge in [-0.3, -0.25) is 9.78 Å². The van der Waals surface area contributed by atoms with Crippen LogP contribution in [0.15, 0.2) is 41.0 Å². The number of nitrogens with zero attached hydrogens (tertiary/aromatic N) is 2. The third-order valence-electron chi connectivity index (χ3n) is 3.41. The standard InChI is InChI=1S/C15H12BrClN2O/c16-13-8-11(17)3-4-12(13)15(20)19-7-5-14-10(9-19)2-1-6-18-14/h1-4,6,8H,5,7,9H2. The lowest BCUT2D eigenvalue weighted by atomic mass is 10.0. The van der Waals surface area contributed by atoms with Crippen LogP contribution in [0.3, 0.4) is 0 Å². The van der Waals surface area contributed by atoms with Crippen LogP contribution >= 0.6 is 27.5 Å². The van der Waals surface area contributed by atoms with E-state index in [4.69, 9.17) is 11.6 Å².